The lowest BCUT2D eigenvalue weighted by Crippen LogP contribution is -1.91. The molecular formula is C10H14O2. The SMILES string of the molecule is CC.O=C1CC2=C(C=CCC2)O1. The molecule has 1 aliphatic heterocycles. The van der Waals surface area contributed by atoms with Crippen LogP contribution in [0.4, 0.5) is 0 Å². The van der Waals surface area contributed by atoms with Gasteiger partial charge in [-0.25, -0.2) is 0 Å². The summed E-state index contributed by atoms with van der Waals surface area (Å²) in [6, 6.07) is 0. The summed E-state index contributed by atoms with van der Waals surface area (Å²) in [5.74, 6) is 0.702. The van der Waals surface area contributed by atoms with Gasteiger partial charge in [-0.15, -0.1) is 0 Å². The van der Waals surface area contributed by atoms with Crippen LogP contribution < -0.4 is 0 Å². The Morgan fingerprint density at radius 1 is 1.42 bits per heavy atom. The summed E-state index contributed by atoms with van der Waals surface area (Å²) in [6.45, 7) is 4.00. The Bertz CT molecular complexity index is 236. The van der Waals surface area contributed by atoms with Crippen molar-refractivity contribution in [3.8, 4) is 0 Å². The molecule has 0 spiro atoms. The van der Waals surface area contributed by atoms with E-state index in [1.807, 2.05) is 26.0 Å². The lowest BCUT2D eigenvalue weighted by atomic mass is 10.0. The van der Waals surface area contributed by atoms with E-state index < -0.39 is 0 Å². The normalized spacial score (nSPS) is 19.7. The fourth-order valence-electron chi connectivity index (χ4n) is 1.30. The number of esters is 1. The van der Waals surface area contributed by atoms with Crippen LogP contribution in [-0.4, -0.2) is 5.97 Å². The standard InChI is InChI=1S/C8H8O2.C2H6/c9-8-5-6-3-1-2-4-7(6)10-8;1-2/h2,4H,1,3,5H2;1-2H3. The zero-order valence-electron chi connectivity index (χ0n) is 7.59. The Labute approximate surface area is 72.9 Å². The molecule has 2 nitrogen and oxygen atoms in total. The Morgan fingerprint density at radius 2 is 2.17 bits per heavy atom. The third-order valence-corrected chi connectivity index (χ3v) is 1.81. The highest BCUT2D eigenvalue weighted by molar-refractivity contribution is 5.77. The number of carbonyl (C=O) groups excluding carboxylic acids is 1. The lowest BCUT2D eigenvalue weighted by Gasteiger charge is -2.02. The van der Waals surface area contributed by atoms with E-state index in [9.17, 15) is 4.79 Å². The summed E-state index contributed by atoms with van der Waals surface area (Å²) in [5, 5.41) is 0. The van der Waals surface area contributed by atoms with Crippen LogP contribution in [0.2, 0.25) is 0 Å². The molecule has 0 fully saturated rings. The molecule has 0 aromatic heterocycles. The Balaban J connectivity index is 0.000000336. The largest absolute Gasteiger partial charge is 0.426 e. The third kappa shape index (κ3) is 1.76. The first-order valence-corrected chi connectivity index (χ1v) is 4.45. The average Bonchev–Trinajstić information content (AvgIpc) is 2.48. The Morgan fingerprint density at radius 3 is 2.83 bits per heavy atom. The highest BCUT2D eigenvalue weighted by Crippen LogP contribution is 2.28. The topological polar surface area (TPSA) is 26.3 Å². The minimum absolute atomic E-state index is 0.100. The highest BCUT2D eigenvalue weighted by atomic mass is 16.5. The molecule has 0 N–H and O–H groups in total. The number of rotatable bonds is 0. The Hall–Kier alpha value is -1.05. The molecule has 0 atom stereocenters. The van der Waals surface area contributed by atoms with E-state index in [1.54, 1.807) is 0 Å². The first-order valence-electron chi connectivity index (χ1n) is 4.45. The maximum atomic E-state index is 10.7. The molecule has 0 aromatic carbocycles. The fourth-order valence-corrected chi connectivity index (χ4v) is 1.30. The predicted octanol–water partition coefficient (Wildman–Crippen LogP) is 2.56. The molecule has 0 radical (unpaired) electrons. The van der Waals surface area contributed by atoms with Crippen LogP contribution in [0.5, 0.6) is 0 Å². The second-order valence-electron chi connectivity index (χ2n) is 2.56. The van der Waals surface area contributed by atoms with Gasteiger partial charge in [0.25, 0.3) is 0 Å². The number of carbonyl (C=O) groups is 1. The van der Waals surface area contributed by atoms with Crippen molar-refractivity contribution in [3.63, 3.8) is 0 Å². The summed E-state index contributed by atoms with van der Waals surface area (Å²) < 4.78 is 4.92. The first kappa shape index (κ1) is 9.04. The summed E-state index contributed by atoms with van der Waals surface area (Å²) in [6.07, 6.45) is 6.49. The molecule has 12 heavy (non-hydrogen) atoms. The van der Waals surface area contributed by atoms with Crippen LogP contribution in [0, 0.1) is 0 Å². The zero-order valence-corrected chi connectivity index (χ0v) is 7.59. The van der Waals surface area contributed by atoms with Crippen molar-refractivity contribution < 1.29 is 9.53 Å². The molecule has 0 bridgehead atoms. The first-order chi connectivity index (χ1) is 5.86. The third-order valence-electron chi connectivity index (χ3n) is 1.81. The van der Waals surface area contributed by atoms with Gasteiger partial charge in [0.1, 0.15) is 5.76 Å². The lowest BCUT2D eigenvalue weighted by molar-refractivity contribution is -0.136. The monoisotopic (exact) mass is 166 g/mol. The van der Waals surface area contributed by atoms with Gasteiger partial charge in [0.2, 0.25) is 0 Å². The van der Waals surface area contributed by atoms with Gasteiger partial charge in [0.15, 0.2) is 0 Å². The molecular weight excluding hydrogens is 152 g/mol. The van der Waals surface area contributed by atoms with Gasteiger partial charge in [0.05, 0.1) is 6.42 Å². The maximum Gasteiger partial charge on any atom is 0.315 e. The molecule has 0 saturated carbocycles. The van der Waals surface area contributed by atoms with E-state index in [1.165, 1.54) is 5.57 Å². The van der Waals surface area contributed by atoms with Crippen LogP contribution in [-0.2, 0) is 9.53 Å². The van der Waals surface area contributed by atoms with Gasteiger partial charge < -0.3 is 4.74 Å². The van der Waals surface area contributed by atoms with Crippen LogP contribution in [0.25, 0.3) is 0 Å². The molecule has 0 amide bonds. The second-order valence-corrected chi connectivity index (χ2v) is 2.56. The van der Waals surface area contributed by atoms with Gasteiger partial charge in [-0.1, -0.05) is 19.9 Å². The minimum Gasteiger partial charge on any atom is -0.426 e. The number of hydrogen-bond acceptors (Lipinski definition) is 2. The van der Waals surface area contributed by atoms with E-state index in [0.29, 0.717) is 6.42 Å². The van der Waals surface area contributed by atoms with Gasteiger partial charge in [-0.05, 0) is 24.5 Å². The van der Waals surface area contributed by atoms with E-state index in [4.69, 9.17) is 4.74 Å². The van der Waals surface area contributed by atoms with Crippen molar-refractivity contribution in [1.82, 2.24) is 0 Å². The van der Waals surface area contributed by atoms with Crippen molar-refractivity contribution in [2.75, 3.05) is 0 Å². The molecule has 0 aromatic rings. The second kappa shape index (κ2) is 4.10. The van der Waals surface area contributed by atoms with E-state index in [-0.39, 0.29) is 5.97 Å². The molecule has 2 heteroatoms. The molecule has 1 heterocycles. The Kier molecular flexibility index (Phi) is 3.09. The van der Waals surface area contributed by atoms with Gasteiger partial charge >= 0.3 is 5.97 Å². The van der Waals surface area contributed by atoms with E-state index in [2.05, 4.69) is 0 Å². The van der Waals surface area contributed by atoms with Gasteiger partial charge in [-0.2, -0.15) is 0 Å². The van der Waals surface area contributed by atoms with Crippen LogP contribution >= 0.6 is 0 Å². The number of hydrogen-bond donors (Lipinski definition) is 0. The quantitative estimate of drug-likeness (QED) is 0.517. The summed E-state index contributed by atoms with van der Waals surface area (Å²) in [7, 11) is 0. The zero-order chi connectivity index (χ0) is 8.97. The molecule has 66 valence electrons. The minimum atomic E-state index is -0.100. The van der Waals surface area contributed by atoms with Crippen molar-refractivity contribution >= 4 is 5.97 Å². The van der Waals surface area contributed by atoms with Crippen molar-refractivity contribution in [1.29, 1.82) is 0 Å². The smallest absolute Gasteiger partial charge is 0.315 e. The summed E-state index contributed by atoms with van der Waals surface area (Å²) in [5.41, 5.74) is 1.17. The van der Waals surface area contributed by atoms with Crippen molar-refractivity contribution in [2.24, 2.45) is 0 Å². The van der Waals surface area contributed by atoms with Crippen LogP contribution in [0.3, 0.4) is 0 Å². The molecule has 2 aliphatic rings. The van der Waals surface area contributed by atoms with E-state index in [0.717, 1.165) is 18.6 Å². The number of ether oxygens (including phenoxy) is 1. The maximum absolute atomic E-state index is 10.7. The summed E-state index contributed by atoms with van der Waals surface area (Å²) >= 11 is 0. The van der Waals surface area contributed by atoms with Crippen molar-refractivity contribution in [2.45, 2.75) is 33.1 Å². The van der Waals surface area contributed by atoms with Crippen molar-refractivity contribution in [3.05, 3.63) is 23.5 Å². The molecule has 0 saturated heterocycles. The highest BCUT2D eigenvalue weighted by Gasteiger charge is 2.22. The number of allylic oxidation sites excluding steroid dienone is 2. The van der Waals surface area contributed by atoms with Gasteiger partial charge in [-0.3, -0.25) is 4.79 Å². The summed E-state index contributed by atoms with van der Waals surface area (Å²) in [4.78, 5) is 10.7. The predicted molar refractivity (Wildman–Crippen MR) is 47.5 cm³/mol. The van der Waals surface area contributed by atoms with Crippen LogP contribution in [0.1, 0.15) is 33.1 Å². The average molecular weight is 166 g/mol. The van der Waals surface area contributed by atoms with E-state index >= 15 is 0 Å². The fraction of sp³-hybridized carbons (Fsp3) is 0.500. The van der Waals surface area contributed by atoms with Gasteiger partial charge in [0, 0.05) is 0 Å². The molecule has 1 aliphatic carbocycles. The molecule has 2 rings (SSSR count). The van der Waals surface area contributed by atoms with Crippen LogP contribution in [0.15, 0.2) is 23.5 Å². The molecule has 0 unspecified atom stereocenters.